The normalized spacial score (nSPS) is 12.6. The zero-order valence-electron chi connectivity index (χ0n) is 14.1. The molecule has 0 saturated carbocycles. The molecule has 1 aromatic rings. The van der Waals surface area contributed by atoms with E-state index in [1.807, 2.05) is 12.1 Å². The molecule has 22 heavy (non-hydrogen) atoms. The zero-order chi connectivity index (χ0) is 17.4. The van der Waals surface area contributed by atoms with E-state index in [0.717, 1.165) is 12.0 Å². The molecule has 0 aliphatic carbocycles. The Bertz CT molecular complexity index is 433. The van der Waals surface area contributed by atoms with Crippen molar-refractivity contribution in [3.63, 3.8) is 0 Å². The molecule has 0 fully saturated rings. The molecular formula is C17H26Cl2FNiP. The molecule has 0 aromatic heterocycles. The van der Waals surface area contributed by atoms with Crippen molar-refractivity contribution in [2.75, 3.05) is 0 Å². The molecule has 0 aliphatic heterocycles. The monoisotopic (exact) mass is 408 g/mol. The zero-order valence-corrected chi connectivity index (χ0v) is 17.5. The van der Waals surface area contributed by atoms with Crippen LogP contribution in [0, 0.1) is 5.82 Å². The maximum atomic E-state index is 12.8. The summed E-state index contributed by atoms with van der Waals surface area (Å²) < 4.78 is 12.8. The summed E-state index contributed by atoms with van der Waals surface area (Å²) in [5.41, 5.74) is 1.16. The van der Waals surface area contributed by atoms with Gasteiger partial charge in [0.1, 0.15) is 5.82 Å². The van der Waals surface area contributed by atoms with Crippen LogP contribution >= 0.6 is 28.3 Å². The Morgan fingerprint density at radius 2 is 1.41 bits per heavy atom. The summed E-state index contributed by atoms with van der Waals surface area (Å²) in [6, 6.07) is 6.77. The Labute approximate surface area is 151 Å². The van der Waals surface area contributed by atoms with Crippen LogP contribution in [0.2, 0.25) is 0 Å². The van der Waals surface area contributed by atoms with Crippen LogP contribution in [0.15, 0.2) is 36.2 Å². The summed E-state index contributed by atoms with van der Waals surface area (Å²) in [4.78, 5) is 0. The van der Waals surface area contributed by atoms with Crippen molar-refractivity contribution in [2.45, 2.75) is 58.3 Å². The quantitative estimate of drug-likeness (QED) is 0.362. The minimum absolute atomic E-state index is 0.167. The van der Waals surface area contributed by atoms with Gasteiger partial charge < -0.3 is 0 Å². The van der Waals surface area contributed by atoms with Crippen LogP contribution < -0.4 is 0 Å². The van der Waals surface area contributed by atoms with E-state index in [4.69, 9.17) is 20.4 Å². The summed E-state index contributed by atoms with van der Waals surface area (Å²) >= 11 is 0.569. The van der Waals surface area contributed by atoms with Gasteiger partial charge in [0.25, 0.3) is 0 Å². The first kappa shape index (κ1) is 22.4. The number of rotatable bonds is 3. The summed E-state index contributed by atoms with van der Waals surface area (Å²) in [6.45, 7) is 13.9. The molecule has 1 aromatic carbocycles. The number of hydrogen-bond donors (Lipinski definition) is 0. The predicted octanol–water partition coefficient (Wildman–Crippen LogP) is 7.34. The Morgan fingerprint density at radius 1 is 1.00 bits per heavy atom. The molecule has 0 spiro atoms. The van der Waals surface area contributed by atoms with Gasteiger partial charge in [-0.3, -0.25) is 0 Å². The van der Waals surface area contributed by atoms with Crippen LogP contribution in [0.1, 0.15) is 47.1 Å². The Hall–Kier alpha value is 0.394. The first-order valence-electron chi connectivity index (χ1n) is 7.05. The number of benzene rings is 1. The van der Waals surface area contributed by atoms with E-state index in [1.54, 1.807) is 0 Å². The second-order valence-electron chi connectivity index (χ2n) is 6.97. The fraction of sp³-hybridized carbons (Fsp3) is 0.529. The van der Waals surface area contributed by atoms with Crippen LogP contribution in [0.5, 0.6) is 0 Å². The average molecular weight is 410 g/mol. The van der Waals surface area contributed by atoms with Gasteiger partial charge in [-0.15, -0.1) is 0 Å². The average Bonchev–Trinajstić information content (AvgIpc) is 2.34. The first-order valence-corrected chi connectivity index (χ1v) is 11.2. The van der Waals surface area contributed by atoms with Crippen molar-refractivity contribution in [1.82, 2.24) is 0 Å². The van der Waals surface area contributed by atoms with Crippen molar-refractivity contribution < 1.29 is 17.0 Å². The molecule has 0 radical (unpaired) electrons. The molecular weight excluding hydrogens is 384 g/mol. The molecule has 0 N–H and O–H groups in total. The van der Waals surface area contributed by atoms with Gasteiger partial charge in [0, 0.05) is 0 Å². The van der Waals surface area contributed by atoms with Gasteiger partial charge in [-0.25, -0.2) is 4.39 Å². The summed E-state index contributed by atoms with van der Waals surface area (Å²) in [5, 5.41) is 0.625. The van der Waals surface area contributed by atoms with E-state index >= 15 is 0 Å². The van der Waals surface area contributed by atoms with Gasteiger partial charge in [-0.05, 0) is 34.4 Å². The third-order valence-electron chi connectivity index (χ3n) is 2.97. The molecule has 130 valence electrons. The van der Waals surface area contributed by atoms with E-state index in [9.17, 15) is 4.39 Å². The standard InChI is InChI=1S/C17H26FP.2ClH.Ni/c1-16(2,3)19(17(4,5)6)13-7-8-14-9-11-15(18)12-10-14;;;/h7,9-13H,8H2,1-6H3;2*1H;/q;;;+2/p-2. The van der Waals surface area contributed by atoms with Crippen molar-refractivity contribution in [3.8, 4) is 0 Å². The molecule has 1 rings (SSSR count). The van der Waals surface area contributed by atoms with Crippen LogP contribution in [0.25, 0.3) is 0 Å². The Morgan fingerprint density at radius 3 is 1.77 bits per heavy atom. The maximum absolute atomic E-state index is 12.8. The fourth-order valence-corrected chi connectivity index (χ4v) is 5.59. The second-order valence-corrected chi connectivity index (χ2v) is 12.3. The fourth-order valence-electron chi connectivity index (χ4n) is 2.37. The van der Waals surface area contributed by atoms with E-state index < -0.39 is 0 Å². The van der Waals surface area contributed by atoms with Crippen molar-refractivity contribution >= 4 is 28.3 Å². The predicted molar refractivity (Wildman–Crippen MR) is 97.4 cm³/mol. The van der Waals surface area contributed by atoms with Crippen molar-refractivity contribution in [2.24, 2.45) is 0 Å². The topological polar surface area (TPSA) is 0 Å². The molecule has 0 unspecified atom stereocenters. The second kappa shape index (κ2) is 10.3. The van der Waals surface area contributed by atoms with Crippen LogP contribution in [0.4, 0.5) is 4.39 Å². The van der Waals surface area contributed by atoms with Gasteiger partial charge in [0.15, 0.2) is 0 Å². The van der Waals surface area contributed by atoms with Gasteiger partial charge in [0.05, 0.1) is 0 Å². The molecule has 0 heterocycles. The molecule has 0 atom stereocenters. The van der Waals surface area contributed by atoms with E-state index in [2.05, 4.69) is 53.4 Å². The summed E-state index contributed by atoms with van der Waals surface area (Å²) in [6.07, 6.45) is 3.13. The first-order chi connectivity index (χ1) is 10.0. The summed E-state index contributed by atoms with van der Waals surface area (Å²) in [7, 11) is 9.20. The molecule has 0 amide bonds. The molecule has 0 bridgehead atoms. The van der Waals surface area contributed by atoms with Crippen LogP contribution in [-0.2, 0) is 19.1 Å². The molecule has 0 aliphatic rings. The van der Waals surface area contributed by atoms with E-state index in [-0.39, 0.29) is 13.7 Å². The SMILES string of the molecule is CC(C)(C)P(C=CCc1ccc(F)cc1)C(C)(C)C.[Cl][Ni][Cl]. The van der Waals surface area contributed by atoms with Gasteiger partial charge in [0.2, 0.25) is 0 Å². The minimum atomic E-state index is -0.200. The molecule has 0 saturated heterocycles. The Balaban J connectivity index is 0.00000135. The van der Waals surface area contributed by atoms with Crippen molar-refractivity contribution in [1.29, 1.82) is 0 Å². The van der Waals surface area contributed by atoms with Gasteiger partial charge >= 0.3 is 33.0 Å². The molecule has 5 heteroatoms. The number of allylic oxidation sites excluding steroid dienone is 1. The van der Waals surface area contributed by atoms with Crippen molar-refractivity contribution in [3.05, 3.63) is 47.5 Å². The third kappa shape index (κ3) is 9.51. The molecule has 0 nitrogen and oxygen atoms in total. The van der Waals surface area contributed by atoms with Gasteiger partial charge in [-0.1, -0.05) is 73.5 Å². The van der Waals surface area contributed by atoms with Crippen LogP contribution in [-0.4, -0.2) is 10.3 Å². The van der Waals surface area contributed by atoms with E-state index in [1.165, 1.54) is 12.1 Å². The number of hydrogen-bond acceptors (Lipinski definition) is 0. The Kier molecular flexibility index (Phi) is 10.5. The van der Waals surface area contributed by atoms with Crippen LogP contribution in [0.3, 0.4) is 0 Å². The number of halogens is 3. The van der Waals surface area contributed by atoms with E-state index in [0.29, 0.717) is 23.0 Å². The van der Waals surface area contributed by atoms with Gasteiger partial charge in [-0.2, -0.15) is 0 Å². The summed E-state index contributed by atoms with van der Waals surface area (Å²) in [5.74, 6) is 2.22. The third-order valence-corrected chi connectivity index (χ3v) is 6.37.